The van der Waals surface area contributed by atoms with Crippen LogP contribution in [-0.2, 0) is 19.5 Å². The Labute approximate surface area is 153 Å². The van der Waals surface area contributed by atoms with Gasteiger partial charge in [-0.05, 0) is 6.42 Å². The summed E-state index contributed by atoms with van der Waals surface area (Å²) >= 11 is 0. The lowest BCUT2D eigenvalue weighted by atomic mass is 10.1. The molecule has 2 aromatic heterocycles. The van der Waals surface area contributed by atoms with Gasteiger partial charge in [0.05, 0.1) is 6.54 Å². The molecule has 1 aromatic carbocycles. The number of aryl methyl sites for hydroxylation is 1. The number of hydrogen-bond donors (Lipinski definition) is 1. The van der Waals surface area contributed by atoms with E-state index >= 15 is 0 Å². The first-order valence-corrected chi connectivity index (χ1v) is 9.22. The highest BCUT2D eigenvalue weighted by Crippen LogP contribution is 2.17. The summed E-state index contributed by atoms with van der Waals surface area (Å²) in [7, 11) is 0. The van der Waals surface area contributed by atoms with Crippen LogP contribution in [0.25, 0.3) is 11.4 Å². The van der Waals surface area contributed by atoms with Gasteiger partial charge in [0, 0.05) is 48.4 Å². The second-order valence-corrected chi connectivity index (χ2v) is 7.12. The summed E-state index contributed by atoms with van der Waals surface area (Å²) < 4.78 is 2.06. The van der Waals surface area contributed by atoms with Crippen LogP contribution in [0.3, 0.4) is 0 Å². The Hall–Kier alpha value is -2.60. The normalized spacial score (nSPS) is 16.7. The van der Waals surface area contributed by atoms with Crippen LogP contribution in [0.1, 0.15) is 43.4 Å². The van der Waals surface area contributed by atoms with E-state index in [1.54, 1.807) is 0 Å². The maximum absolute atomic E-state index is 4.65. The molecule has 1 atom stereocenters. The summed E-state index contributed by atoms with van der Waals surface area (Å²) in [6, 6.07) is 10.4. The number of aromatic nitrogens is 5. The van der Waals surface area contributed by atoms with Crippen molar-refractivity contribution < 1.29 is 0 Å². The minimum Gasteiger partial charge on any atom is -0.308 e. The van der Waals surface area contributed by atoms with Crippen molar-refractivity contribution in [3.8, 4) is 11.4 Å². The standard InChI is InChI=1S/C20H24N6/c1-14(2)19-24-18-9-8-17(13-26(18)25-19)21-10-15-11-22-20(23-12-15)16-6-4-3-5-7-16/h3-7,11-12,14,17,21H,8-10,13H2,1-2H3/t17-/m1/s1. The fourth-order valence-electron chi connectivity index (χ4n) is 3.18. The van der Waals surface area contributed by atoms with E-state index in [1.807, 2.05) is 42.7 Å². The molecule has 0 radical (unpaired) electrons. The topological polar surface area (TPSA) is 68.5 Å². The van der Waals surface area contributed by atoms with Crippen LogP contribution in [0.2, 0.25) is 0 Å². The summed E-state index contributed by atoms with van der Waals surface area (Å²) in [5, 5.41) is 8.25. The molecule has 0 bridgehead atoms. The summed E-state index contributed by atoms with van der Waals surface area (Å²) in [6.45, 7) is 5.91. The lowest BCUT2D eigenvalue weighted by Gasteiger charge is -2.23. The van der Waals surface area contributed by atoms with Crippen LogP contribution < -0.4 is 5.32 Å². The van der Waals surface area contributed by atoms with E-state index in [0.717, 1.165) is 54.5 Å². The molecule has 1 N–H and O–H groups in total. The van der Waals surface area contributed by atoms with Crippen molar-refractivity contribution in [3.63, 3.8) is 0 Å². The quantitative estimate of drug-likeness (QED) is 0.768. The first kappa shape index (κ1) is 16.8. The van der Waals surface area contributed by atoms with Gasteiger partial charge in [0.25, 0.3) is 0 Å². The molecule has 6 heteroatoms. The van der Waals surface area contributed by atoms with Crippen molar-refractivity contribution in [2.75, 3.05) is 0 Å². The lowest BCUT2D eigenvalue weighted by Crippen LogP contribution is -2.37. The highest BCUT2D eigenvalue weighted by atomic mass is 15.4. The zero-order valence-corrected chi connectivity index (χ0v) is 15.3. The molecule has 0 saturated heterocycles. The molecule has 6 nitrogen and oxygen atoms in total. The molecule has 26 heavy (non-hydrogen) atoms. The van der Waals surface area contributed by atoms with Crippen molar-refractivity contribution in [1.82, 2.24) is 30.0 Å². The molecule has 1 aliphatic heterocycles. The Balaban J connectivity index is 1.36. The van der Waals surface area contributed by atoms with Crippen molar-refractivity contribution in [2.24, 2.45) is 0 Å². The average molecular weight is 348 g/mol. The van der Waals surface area contributed by atoms with E-state index in [2.05, 4.69) is 43.9 Å². The van der Waals surface area contributed by atoms with E-state index in [4.69, 9.17) is 0 Å². The molecule has 3 aromatic rings. The maximum atomic E-state index is 4.65. The summed E-state index contributed by atoms with van der Waals surface area (Å²) in [4.78, 5) is 13.6. The number of benzene rings is 1. The van der Waals surface area contributed by atoms with Crippen molar-refractivity contribution in [1.29, 1.82) is 0 Å². The predicted molar refractivity (Wildman–Crippen MR) is 101 cm³/mol. The van der Waals surface area contributed by atoms with E-state index < -0.39 is 0 Å². The zero-order chi connectivity index (χ0) is 17.9. The second kappa shape index (κ2) is 7.33. The zero-order valence-electron chi connectivity index (χ0n) is 15.3. The first-order valence-electron chi connectivity index (χ1n) is 9.22. The molecule has 4 rings (SSSR count). The molecule has 3 heterocycles. The molecule has 0 aliphatic carbocycles. The third-order valence-electron chi connectivity index (χ3n) is 4.72. The van der Waals surface area contributed by atoms with Crippen molar-refractivity contribution in [2.45, 2.75) is 51.7 Å². The minimum atomic E-state index is 0.375. The Morgan fingerprint density at radius 3 is 2.65 bits per heavy atom. The molecule has 0 saturated carbocycles. The van der Waals surface area contributed by atoms with Crippen molar-refractivity contribution >= 4 is 0 Å². The van der Waals surface area contributed by atoms with Gasteiger partial charge in [-0.25, -0.2) is 19.6 Å². The van der Waals surface area contributed by atoms with Gasteiger partial charge < -0.3 is 5.32 Å². The van der Waals surface area contributed by atoms with Crippen LogP contribution >= 0.6 is 0 Å². The van der Waals surface area contributed by atoms with Gasteiger partial charge in [-0.1, -0.05) is 44.2 Å². The fraction of sp³-hybridized carbons (Fsp3) is 0.400. The lowest BCUT2D eigenvalue weighted by molar-refractivity contribution is 0.357. The smallest absolute Gasteiger partial charge is 0.159 e. The third-order valence-corrected chi connectivity index (χ3v) is 4.72. The summed E-state index contributed by atoms with van der Waals surface area (Å²) in [6.07, 6.45) is 5.87. The van der Waals surface area contributed by atoms with Gasteiger partial charge in [-0.3, -0.25) is 0 Å². The summed E-state index contributed by atoms with van der Waals surface area (Å²) in [5.41, 5.74) is 2.14. The van der Waals surface area contributed by atoms with Gasteiger partial charge in [-0.2, -0.15) is 5.10 Å². The Bertz CT molecular complexity index is 854. The molecule has 0 spiro atoms. The molecule has 0 unspecified atom stereocenters. The predicted octanol–water partition coefficient (Wildman–Crippen LogP) is 2.96. The Kier molecular flexibility index (Phi) is 4.75. The first-order chi connectivity index (χ1) is 12.7. The molecule has 134 valence electrons. The Morgan fingerprint density at radius 1 is 1.15 bits per heavy atom. The van der Waals surface area contributed by atoms with Crippen LogP contribution in [0.5, 0.6) is 0 Å². The number of rotatable bonds is 5. The van der Waals surface area contributed by atoms with Crippen LogP contribution in [-0.4, -0.2) is 30.8 Å². The van der Waals surface area contributed by atoms with E-state index in [9.17, 15) is 0 Å². The molecular formula is C20H24N6. The highest BCUT2D eigenvalue weighted by Gasteiger charge is 2.22. The molecule has 0 amide bonds. The van der Waals surface area contributed by atoms with Gasteiger partial charge >= 0.3 is 0 Å². The largest absolute Gasteiger partial charge is 0.308 e. The minimum absolute atomic E-state index is 0.375. The van der Waals surface area contributed by atoms with Gasteiger partial charge in [0.2, 0.25) is 0 Å². The second-order valence-electron chi connectivity index (χ2n) is 7.12. The van der Waals surface area contributed by atoms with Gasteiger partial charge in [0.15, 0.2) is 11.6 Å². The average Bonchev–Trinajstić information content (AvgIpc) is 3.11. The van der Waals surface area contributed by atoms with E-state index in [0.29, 0.717) is 12.0 Å². The van der Waals surface area contributed by atoms with E-state index in [-0.39, 0.29) is 0 Å². The maximum Gasteiger partial charge on any atom is 0.159 e. The number of fused-ring (bicyclic) bond motifs is 1. The highest BCUT2D eigenvalue weighted by molar-refractivity contribution is 5.53. The Morgan fingerprint density at radius 2 is 1.92 bits per heavy atom. The van der Waals surface area contributed by atoms with Crippen LogP contribution in [0.15, 0.2) is 42.7 Å². The number of nitrogens with one attached hydrogen (secondary N) is 1. The third kappa shape index (κ3) is 3.65. The van der Waals surface area contributed by atoms with E-state index in [1.165, 1.54) is 0 Å². The number of nitrogens with zero attached hydrogens (tertiary/aromatic N) is 5. The molecular weight excluding hydrogens is 324 g/mol. The summed E-state index contributed by atoms with van der Waals surface area (Å²) in [5.74, 6) is 3.20. The number of hydrogen-bond acceptors (Lipinski definition) is 5. The van der Waals surface area contributed by atoms with Crippen LogP contribution in [0, 0.1) is 0 Å². The van der Waals surface area contributed by atoms with Crippen molar-refractivity contribution in [3.05, 3.63) is 59.9 Å². The molecule has 0 fully saturated rings. The van der Waals surface area contributed by atoms with Gasteiger partial charge in [0.1, 0.15) is 5.82 Å². The van der Waals surface area contributed by atoms with Crippen LogP contribution in [0.4, 0.5) is 0 Å². The van der Waals surface area contributed by atoms with Gasteiger partial charge in [-0.15, -0.1) is 0 Å². The monoisotopic (exact) mass is 348 g/mol. The SMILES string of the molecule is CC(C)c1nc2n(n1)C[C@H](NCc1cnc(-c3ccccc3)nc1)CC2. The molecule has 1 aliphatic rings. The fourth-order valence-corrected chi connectivity index (χ4v) is 3.18.